The molecule has 3 rings (SSSR count). The topological polar surface area (TPSA) is 80.0 Å². The molecule has 2 amide bonds. The molecule has 0 saturated heterocycles. The van der Waals surface area contributed by atoms with Gasteiger partial charge in [0.1, 0.15) is 0 Å². The number of amides is 2. The predicted molar refractivity (Wildman–Crippen MR) is 90.3 cm³/mol. The van der Waals surface area contributed by atoms with E-state index in [0.29, 0.717) is 23.0 Å². The van der Waals surface area contributed by atoms with Crippen LogP contribution in [0.15, 0.2) is 59.7 Å². The third-order valence-electron chi connectivity index (χ3n) is 3.35. The molecule has 0 unspecified atom stereocenters. The molecule has 0 aliphatic carbocycles. The number of hydrogen-bond acceptors (Lipinski definition) is 4. The summed E-state index contributed by atoms with van der Waals surface area (Å²) in [7, 11) is 0. The third-order valence-corrected chi connectivity index (χ3v) is 3.60. The van der Waals surface area contributed by atoms with Crippen molar-refractivity contribution in [2.75, 3.05) is 0 Å². The van der Waals surface area contributed by atoms with E-state index in [4.69, 9.17) is 16.0 Å². The van der Waals surface area contributed by atoms with Crippen molar-refractivity contribution in [1.29, 1.82) is 0 Å². The zero-order valence-electron chi connectivity index (χ0n) is 12.7. The lowest BCUT2D eigenvalue weighted by Gasteiger charge is -2.09. The van der Waals surface area contributed by atoms with Gasteiger partial charge in [0, 0.05) is 29.5 Å². The van der Waals surface area contributed by atoms with Gasteiger partial charge in [0.25, 0.3) is 0 Å². The fourth-order valence-electron chi connectivity index (χ4n) is 2.15. The lowest BCUT2D eigenvalue weighted by Crippen LogP contribution is -2.34. The summed E-state index contributed by atoms with van der Waals surface area (Å²) in [5.74, 6) is 0. The SMILES string of the molecule is O=C(NCc1ccc(Cl)cc1)NCc1nccnc1-c1ccoc1. The smallest absolute Gasteiger partial charge is 0.315 e. The van der Waals surface area contributed by atoms with Crippen molar-refractivity contribution in [2.24, 2.45) is 0 Å². The van der Waals surface area contributed by atoms with Crippen molar-refractivity contribution in [3.63, 3.8) is 0 Å². The van der Waals surface area contributed by atoms with Gasteiger partial charge in [0.15, 0.2) is 0 Å². The van der Waals surface area contributed by atoms with Crippen LogP contribution in [0.3, 0.4) is 0 Å². The summed E-state index contributed by atoms with van der Waals surface area (Å²) in [5, 5.41) is 6.22. The summed E-state index contributed by atoms with van der Waals surface area (Å²) in [5.41, 5.74) is 3.14. The number of hydrogen-bond donors (Lipinski definition) is 2. The quantitative estimate of drug-likeness (QED) is 0.744. The Morgan fingerprint density at radius 1 is 1.04 bits per heavy atom. The zero-order chi connectivity index (χ0) is 16.8. The molecule has 24 heavy (non-hydrogen) atoms. The van der Waals surface area contributed by atoms with Crippen molar-refractivity contribution in [2.45, 2.75) is 13.1 Å². The van der Waals surface area contributed by atoms with Crippen molar-refractivity contribution < 1.29 is 9.21 Å². The fourth-order valence-corrected chi connectivity index (χ4v) is 2.27. The van der Waals surface area contributed by atoms with Gasteiger partial charge in [-0.25, -0.2) is 4.79 Å². The lowest BCUT2D eigenvalue weighted by molar-refractivity contribution is 0.240. The molecule has 0 saturated carbocycles. The number of furan rings is 1. The molecule has 0 bridgehead atoms. The minimum absolute atomic E-state index is 0.265. The molecule has 122 valence electrons. The predicted octanol–water partition coefficient (Wildman–Crippen LogP) is 3.39. The normalized spacial score (nSPS) is 10.4. The maximum atomic E-state index is 11.9. The van der Waals surface area contributed by atoms with Gasteiger partial charge >= 0.3 is 6.03 Å². The van der Waals surface area contributed by atoms with Gasteiger partial charge in [-0.15, -0.1) is 0 Å². The van der Waals surface area contributed by atoms with Gasteiger partial charge in [0.05, 0.1) is 30.5 Å². The van der Waals surface area contributed by atoms with Crippen LogP contribution in [0.1, 0.15) is 11.3 Å². The molecule has 7 heteroatoms. The Hall–Kier alpha value is -2.86. The molecule has 0 aliphatic heterocycles. The Bertz CT molecular complexity index is 804. The van der Waals surface area contributed by atoms with E-state index in [2.05, 4.69) is 20.6 Å². The van der Waals surface area contributed by atoms with E-state index in [1.54, 1.807) is 43.1 Å². The van der Waals surface area contributed by atoms with Crippen molar-refractivity contribution in [3.8, 4) is 11.3 Å². The zero-order valence-corrected chi connectivity index (χ0v) is 13.5. The second kappa shape index (κ2) is 7.61. The average molecular weight is 343 g/mol. The molecule has 0 fully saturated rings. The molecular weight excluding hydrogens is 328 g/mol. The number of aromatic nitrogens is 2. The number of nitrogens with one attached hydrogen (secondary N) is 2. The Morgan fingerprint density at radius 3 is 2.54 bits per heavy atom. The van der Waals surface area contributed by atoms with Crippen molar-refractivity contribution in [3.05, 3.63) is 71.5 Å². The van der Waals surface area contributed by atoms with Gasteiger partial charge in [-0.3, -0.25) is 9.97 Å². The van der Waals surface area contributed by atoms with E-state index in [-0.39, 0.29) is 12.6 Å². The minimum atomic E-state index is -0.284. The number of nitrogens with zero attached hydrogens (tertiary/aromatic N) is 2. The highest BCUT2D eigenvalue weighted by Crippen LogP contribution is 2.19. The number of benzene rings is 1. The Labute approximate surface area is 143 Å². The van der Waals surface area contributed by atoms with Crippen LogP contribution in [0, 0.1) is 0 Å². The molecule has 1 aromatic carbocycles. The maximum Gasteiger partial charge on any atom is 0.315 e. The van der Waals surface area contributed by atoms with Crippen LogP contribution in [0.5, 0.6) is 0 Å². The molecule has 6 nitrogen and oxygen atoms in total. The van der Waals surface area contributed by atoms with Crippen LogP contribution in [-0.4, -0.2) is 16.0 Å². The highest BCUT2D eigenvalue weighted by molar-refractivity contribution is 6.30. The van der Waals surface area contributed by atoms with Crippen molar-refractivity contribution >= 4 is 17.6 Å². The second-order valence-electron chi connectivity index (χ2n) is 5.03. The van der Waals surface area contributed by atoms with Crippen molar-refractivity contribution in [1.82, 2.24) is 20.6 Å². The molecule has 0 aliphatic rings. The minimum Gasteiger partial charge on any atom is -0.472 e. The molecular formula is C17H15ClN4O2. The molecule has 0 spiro atoms. The first-order valence-corrected chi connectivity index (χ1v) is 7.69. The number of carbonyl (C=O) groups excluding carboxylic acids is 1. The molecule has 2 aromatic heterocycles. The summed E-state index contributed by atoms with van der Waals surface area (Å²) in [6, 6.07) is 8.81. The van der Waals surface area contributed by atoms with Crippen LogP contribution in [0.25, 0.3) is 11.3 Å². The summed E-state index contributed by atoms with van der Waals surface area (Å²) >= 11 is 5.83. The van der Waals surface area contributed by atoms with E-state index in [9.17, 15) is 4.79 Å². The molecule has 2 N–H and O–H groups in total. The van der Waals surface area contributed by atoms with E-state index < -0.39 is 0 Å². The van der Waals surface area contributed by atoms with Crippen LogP contribution in [0.2, 0.25) is 5.02 Å². The summed E-state index contributed by atoms with van der Waals surface area (Å²) < 4.78 is 5.07. The standard InChI is InChI=1S/C17H15ClN4O2/c18-14-3-1-12(2-4-14)9-21-17(23)22-10-15-16(20-7-6-19-15)13-5-8-24-11-13/h1-8,11H,9-10H2,(H2,21,22,23). The molecule has 2 heterocycles. The summed E-state index contributed by atoms with van der Waals surface area (Å²) in [6.45, 7) is 0.679. The molecule has 0 radical (unpaired) electrons. The third kappa shape index (κ3) is 4.11. The summed E-state index contributed by atoms with van der Waals surface area (Å²) in [6.07, 6.45) is 6.35. The maximum absolute atomic E-state index is 11.9. The van der Waals surface area contributed by atoms with Gasteiger partial charge in [-0.1, -0.05) is 23.7 Å². The van der Waals surface area contributed by atoms with E-state index in [1.807, 2.05) is 12.1 Å². The number of halogens is 1. The van der Waals surface area contributed by atoms with E-state index in [1.165, 1.54) is 0 Å². The van der Waals surface area contributed by atoms with E-state index in [0.717, 1.165) is 11.1 Å². The van der Waals surface area contributed by atoms with Crippen LogP contribution >= 0.6 is 11.6 Å². The first-order chi connectivity index (χ1) is 11.7. The van der Waals surface area contributed by atoms with Gasteiger partial charge in [0.2, 0.25) is 0 Å². The van der Waals surface area contributed by atoms with Crippen LogP contribution in [-0.2, 0) is 13.1 Å². The summed E-state index contributed by atoms with van der Waals surface area (Å²) in [4.78, 5) is 20.5. The second-order valence-corrected chi connectivity index (χ2v) is 5.46. The Kier molecular flexibility index (Phi) is 5.08. The Balaban J connectivity index is 1.56. The number of rotatable bonds is 5. The highest BCUT2D eigenvalue weighted by atomic mass is 35.5. The average Bonchev–Trinajstić information content (AvgIpc) is 3.14. The Morgan fingerprint density at radius 2 is 1.79 bits per heavy atom. The molecule has 0 atom stereocenters. The lowest BCUT2D eigenvalue weighted by atomic mass is 10.2. The largest absolute Gasteiger partial charge is 0.472 e. The monoisotopic (exact) mass is 342 g/mol. The van der Waals surface area contributed by atoms with Gasteiger partial charge in [-0.05, 0) is 23.8 Å². The first kappa shape index (κ1) is 16.0. The number of urea groups is 1. The molecule has 3 aromatic rings. The van der Waals surface area contributed by atoms with Gasteiger partial charge < -0.3 is 15.1 Å². The van der Waals surface area contributed by atoms with Crippen LogP contribution in [0.4, 0.5) is 4.79 Å². The highest BCUT2D eigenvalue weighted by Gasteiger charge is 2.10. The van der Waals surface area contributed by atoms with E-state index >= 15 is 0 Å². The fraction of sp³-hybridized carbons (Fsp3) is 0.118. The van der Waals surface area contributed by atoms with Gasteiger partial charge in [-0.2, -0.15) is 0 Å². The first-order valence-electron chi connectivity index (χ1n) is 7.31. The number of carbonyl (C=O) groups is 1. The van der Waals surface area contributed by atoms with Crippen LogP contribution < -0.4 is 10.6 Å².